The maximum absolute atomic E-state index is 2.19. The molecule has 1 aliphatic carbocycles. The van der Waals surface area contributed by atoms with Crippen LogP contribution in [0.25, 0.3) is 0 Å². The Labute approximate surface area is 80.7 Å². The van der Waals surface area contributed by atoms with Gasteiger partial charge in [-0.15, -0.1) is 0 Å². The molecule has 0 nitrogen and oxygen atoms in total. The molecule has 0 radical (unpaired) electrons. The molecule has 13 heavy (non-hydrogen) atoms. The average molecular weight is 172 g/mol. The highest BCUT2D eigenvalue weighted by Crippen LogP contribution is 1.95. The maximum Gasteiger partial charge on any atom is -0.0163 e. The van der Waals surface area contributed by atoms with Gasteiger partial charge in [0.25, 0.3) is 0 Å². The van der Waals surface area contributed by atoms with E-state index in [1.165, 1.54) is 0 Å². The van der Waals surface area contributed by atoms with Crippen molar-refractivity contribution in [2.75, 3.05) is 0 Å². The summed E-state index contributed by atoms with van der Waals surface area (Å²) in [5.74, 6) is 0. The molecule has 1 aliphatic rings. The zero-order valence-electron chi connectivity index (χ0n) is 7.89. The molecule has 0 fully saturated rings. The fourth-order valence-electron chi connectivity index (χ4n) is 1.06. The lowest BCUT2D eigenvalue weighted by molar-refractivity contribution is 1.31. The Morgan fingerprint density at radius 3 is 1.08 bits per heavy atom. The third-order valence-corrected chi connectivity index (χ3v) is 1.75. The number of hydrogen-bond donors (Lipinski definition) is 0. The molecule has 0 spiro atoms. The fourth-order valence-corrected chi connectivity index (χ4v) is 1.06. The highest BCUT2D eigenvalue weighted by Gasteiger charge is 1.74. The van der Waals surface area contributed by atoms with Crippen LogP contribution in [0.4, 0.5) is 0 Å². The molecule has 0 heteroatoms. The lowest BCUT2D eigenvalue weighted by Gasteiger charge is -1.80. The van der Waals surface area contributed by atoms with Gasteiger partial charge in [0.15, 0.2) is 0 Å². The Bertz CT molecular complexity index is 223. The van der Waals surface area contributed by atoms with E-state index in [1.54, 1.807) is 0 Å². The van der Waals surface area contributed by atoms with Crippen molar-refractivity contribution in [3.8, 4) is 0 Å². The van der Waals surface area contributed by atoms with E-state index < -0.39 is 0 Å². The van der Waals surface area contributed by atoms with Crippen molar-refractivity contribution in [3.63, 3.8) is 0 Å². The molecule has 0 heterocycles. The number of hydrogen-bond acceptors (Lipinski definition) is 0. The van der Waals surface area contributed by atoms with Crippen LogP contribution < -0.4 is 0 Å². The van der Waals surface area contributed by atoms with Crippen LogP contribution in [0.1, 0.15) is 19.3 Å². The molecule has 0 N–H and O–H groups in total. The molecule has 0 saturated heterocycles. The van der Waals surface area contributed by atoms with Gasteiger partial charge in [-0.25, -0.2) is 0 Å². The van der Waals surface area contributed by atoms with Crippen molar-refractivity contribution in [1.29, 1.82) is 0 Å². The van der Waals surface area contributed by atoms with Gasteiger partial charge in [-0.1, -0.05) is 60.8 Å². The third kappa shape index (κ3) is 5.92. The van der Waals surface area contributed by atoms with Crippen molar-refractivity contribution >= 4 is 0 Å². The summed E-state index contributed by atoms with van der Waals surface area (Å²) in [6.07, 6.45) is 24.5. The Kier molecular flexibility index (Phi) is 5.54. The smallest absolute Gasteiger partial charge is 0.0163 e. The van der Waals surface area contributed by atoms with E-state index in [9.17, 15) is 0 Å². The largest absolute Gasteiger partial charge is 0.0844 e. The van der Waals surface area contributed by atoms with Gasteiger partial charge in [0.05, 0.1) is 0 Å². The minimum absolute atomic E-state index is 1.02. The summed E-state index contributed by atoms with van der Waals surface area (Å²) in [6, 6.07) is 0. The summed E-state index contributed by atoms with van der Waals surface area (Å²) >= 11 is 0. The van der Waals surface area contributed by atoms with Crippen LogP contribution in [0.3, 0.4) is 0 Å². The van der Waals surface area contributed by atoms with Crippen LogP contribution in [0.5, 0.6) is 0 Å². The molecule has 0 aromatic rings. The summed E-state index contributed by atoms with van der Waals surface area (Å²) in [6.45, 7) is 0. The second-order valence-corrected chi connectivity index (χ2v) is 2.89. The molecule has 0 amide bonds. The Morgan fingerprint density at radius 2 is 0.692 bits per heavy atom. The third-order valence-electron chi connectivity index (χ3n) is 1.75. The molecule has 0 aromatic heterocycles. The van der Waals surface area contributed by atoms with Crippen LogP contribution in [-0.4, -0.2) is 0 Å². The monoisotopic (exact) mass is 172 g/mol. The second-order valence-electron chi connectivity index (χ2n) is 2.89. The molecule has 0 atom stereocenters. The summed E-state index contributed by atoms with van der Waals surface area (Å²) < 4.78 is 0. The average Bonchev–Trinajstić information content (AvgIpc) is 2.18. The van der Waals surface area contributed by atoms with E-state index in [1.807, 2.05) is 0 Å². The van der Waals surface area contributed by atoms with Crippen molar-refractivity contribution in [1.82, 2.24) is 0 Å². The van der Waals surface area contributed by atoms with Crippen molar-refractivity contribution in [2.24, 2.45) is 0 Å². The van der Waals surface area contributed by atoms with Crippen molar-refractivity contribution in [2.45, 2.75) is 19.3 Å². The highest BCUT2D eigenvalue weighted by atomic mass is 13.8. The minimum Gasteiger partial charge on any atom is -0.0844 e. The Morgan fingerprint density at radius 1 is 0.385 bits per heavy atom. The molecule has 0 aromatic carbocycles. The van der Waals surface area contributed by atoms with Gasteiger partial charge in [0.1, 0.15) is 0 Å². The first kappa shape index (κ1) is 9.79. The zero-order chi connectivity index (χ0) is 9.19. The normalized spacial score (nSPS) is 17.8. The number of allylic oxidation sites excluding steroid dienone is 10. The van der Waals surface area contributed by atoms with E-state index in [0.717, 1.165) is 19.3 Å². The Balaban J connectivity index is 2.49. The number of rotatable bonds is 0. The van der Waals surface area contributed by atoms with Gasteiger partial charge in [-0.3, -0.25) is 0 Å². The predicted molar refractivity (Wildman–Crippen MR) is 59.6 cm³/mol. The first-order valence-corrected chi connectivity index (χ1v) is 4.78. The summed E-state index contributed by atoms with van der Waals surface area (Å²) in [5, 5.41) is 0. The first-order chi connectivity index (χ1) is 6.50. The van der Waals surface area contributed by atoms with E-state index in [0.29, 0.717) is 0 Å². The van der Waals surface area contributed by atoms with Crippen LogP contribution >= 0.6 is 0 Å². The molecular formula is C13H16. The van der Waals surface area contributed by atoms with Gasteiger partial charge >= 0.3 is 0 Å². The Hall–Kier alpha value is -1.30. The maximum atomic E-state index is 2.19. The minimum atomic E-state index is 1.02. The van der Waals surface area contributed by atoms with Crippen LogP contribution in [-0.2, 0) is 0 Å². The molecule has 1 rings (SSSR count). The van der Waals surface area contributed by atoms with E-state index in [4.69, 9.17) is 0 Å². The highest BCUT2D eigenvalue weighted by molar-refractivity contribution is 5.11. The molecule has 68 valence electrons. The topological polar surface area (TPSA) is 0 Å². The molecule has 0 aliphatic heterocycles. The summed E-state index contributed by atoms with van der Waals surface area (Å²) in [7, 11) is 0. The van der Waals surface area contributed by atoms with Crippen LogP contribution in [0.15, 0.2) is 60.8 Å². The SMILES string of the molecule is C1=CCC=CC=CCC=CCC=C1. The first-order valence-electron chi connectivity index (χ1n) is 4.78. The van der Waals surface area contributed by atoms with E-state index in [-0.39, 0.29) is 0 Å². The summed E-state index contributed by atoms with van der Waals surface area (Å²) in [4.78, 5) is 0. The van der Waals surface area contributed by atoms with Gasteiger partial charge in [-0.05, 0) is 19.3 Å². The molecule has 0 bridgehead atoms. The molecular weight excluding hydrogens is 156 g/mol. The standard InChI is InChI=1S/C13H16/c1-2-4-6-8-10-12-13-11-9-7-5-3-1/h1-4,7-11,13H,5-6,12H2. The van der Waals surface area contributed by atoms with Gasteiger partial charge < -0.3 is 0 Å². The lowest BCUT2D eigenvalue weighted by atomic mass is 10.3. The molecule has 0 unspecified atom stereocenters. The van der Waals surface area contributed by atoms with Crippen LogP contribution in [0.2, 0.25) is 0 Å². The van der Waals surface area contributed by atoms with Crippen molar-refractivity contribution < 1.29 is 0 Å². The predicted octanol–water partition coefficient (Wildman–Crippen LogP) is 3.95. The summed E-state index contributed by atoms with van der Waals surface area (Å²) in [5.41, 5.74) is 0. The van der Waals surface area contributed by atoms with Crippen molar-refractivity contribution in [3.05, 3.63) is 60.8 Å². The van der Waals surface area contributed by atoms with Crippen LogP contribution in [0, 0.1) is 0 Å². The quantitative estimate of drug-likeness (QED) is 0.485. The molecule has 0 saturated carbocycles. The fraction of sp³-hybridized carbons (Fsp3) is 0.231. The van der Waals surface area contributed by atoms with Gasteiger partial charge in [0.2, 0.25) is 0 Å². The van der Waals surface area contributed by atoms with E-state index >= 15 is 0 Å². The van der Waals surface area contributed by atoms with Gasteiger partial charge in [0, 0.05) is 0 Å². The second kappa shape index (κ2) is 7.35. The van der Waals surface area contributed by atoms with E-state index in [2.05, 4.69) is 60.8 Å². The lowest BCUT2D eigenvalue weighted by Crippen LogP contribution is -1.59. The van der Waals surface area contributed by atoms with Gasteiger partial charge in [-0.2, -0.15) is 0 Å². The zero-order valence-corrected chi connectivity index (χ0v) is 7.89.